The molecule has 0 spiro atoms. The molecule has 0 aliphatic rings. The molecule has 0 heterocycles. The van der Waals surface area contributed by atoms with Crippen LogP contribution in [-0.4, -0.2) is 26.9 Å². The highest BCUT2D eigenvalue weighted by atomic mass is 35.5. The molecule has 18 heavy (non-hydrogen) atoms. The van der Waals surface area contributed by atoms with Gasteiger partial charge in [-0.2, -0.15) is 0 Å². The van der Waals surface area contributed by atoms with Crippen molar-refractivity contribution >= 4 is 11.6 Å². The third kappa shape index (κ3) is 4.84. The van der Waals surface area contributed by atoms with Gasteiger partial charge in [-0.1, -0.05) is 18.5 Å². The van der Waals surface area contributed by atoms with Gasteiger partial charge < -0.3 is 14.8 Å². The average Bonchev–Trinajstić information content (AvgIpc) is 2.39. The van der Waals surface area contributed by atoms with Crippen molar-refractivity contribution in [1.29, 1.82) is 0 Å². The molecule has 1 aromatic rings. The fourth-order valence-electron chi connectivity index (χ4n) is 1.60. The van der Waals surface area contributed by atoms with Gasteiger partial charge in [-0.25, -0.2) is 0 Å². The van der Waals surface area contributed by atoms with Crippen LogP contribution >= 0.6 is 11.6 Å². The molecule has 1 rings (SSSR count). The number of hydrogen-bond donors (Lipinski definition) is 1. The lowest BCUT2D eigenvalue weighted by Gasteiger charge is -2.17. The Morgan fingerprint density at radius 2 is 2.06 bits per heavy atom. The Bertz CT molecular complexity index is 358. The van der Waals surface area contributed by atoms with Crippen molar-refractivity contribution in [3.05, 3.63) is 28.8 Å². The first-order valence-electron chi connectivity index (χ1n) is 6.36. The van der Waals surface area contributed by atoms with Crippen LogP contribution in [0.2, 0.25) is 5.02 Å². The van der Waals surface area contributed by atoms with Crippen LogP contribution in [-0.2, 0) is 4.74 Å². The van der Waals surface area contributed by atoms with Crippen LogP contribution in [0.5, 0.6) is 5.75 Å². The molecule has 0 aliphatic carbocycles. The second kappa shape index (κ2) is 8.35. The zero-order valence-corrected chi connectivity index (χ0v) is 12.1. The largest absolute Gasteiger partial charge is 0.491 e. The second-order valence-electron chi connectivity index (χ2n) is 4.15. The number of benzene rings is 1. The van der Waals surface area contributed by atoms with Crippen molar-refractivity contribution in [3.8, 4) is 5.75 Å². The van der Waals surface area contributed by atoms with Crippen LogP contribution in [0, 0.1) is 0 Å². The van der Waals surface area contributed by atoms with Gasteiger partial charge in [-0.05, 0) is 38.6 Å². The van der Waals surface area contributed by atoms with Gasteiger partial charge in [0.05, 0.1) is 6.61 Å². The Hall–Kier alpha value is -0.770. The quantitative estimate of drug-likeness (QED) is 0.735. The van der Waals surface area contributed by atoms with Gasteiger partial charge in [0.15, 0.2) is 0 Å². The van der Waals surface area contributed by atoms with E-state index in [-0.39, 0.29) is 6.04 Å². The van der Waals surface area contributed by atoms with Crippen molar-refractivity contribution in [2.45, 2.75) is 26.3 Å². The summed E-state index contributed by atoms with van der Waals surface area (Å²) in [5, 5.41) is 3.91. The van der Waals surface area contributed by atoms with E-state index in [0.29, 0.717) is 13.2 Å². The Morgan fingerprint density at radius 1 is 1.28 bits per heavy atom. The van der Waals surface area contributed by atoms with E-state index in [4.69, 9.17) is 21.1 Å². The Labute approximate surface area is 114 Å². The summed E-state index contributed by atoms with van der Waals surface area (Å²) in [5.41, 5.74) is 1.07. The maximum atomic E-state index is 6.01. The van der Waals surface area contributed by atoms with Gasteiger partial charge in [0.2, 0.25) is 0 Å². The van der Waals surface area contributed by atoms with E-state index in [1.165, 1.54) is 0 Å². The van der Waals surface area contributed by atoms with E-state index in [1.54, 1.807) is 0 Å². The van der Waals surface area contributed by atoms with E-state index in [9.17, 15) is 0 Å². The summed E-state index contributed by atoms with van der Waals surface area (Å²) in [6.45, 7) is 6.12. The van der Waals surface area contributed by atoms with Crippen LogP contribution in [0.25, 0.3) is 0 Å². The summed E-state index contributed by atoms with van der Waals surface area (Å²) in [6, 6.07) is 5.89. The lowest BCUT2D eigenvalue weighted by Crippen LogP contribution is -2.15. The summed E-state index contributed by atoms with van der Waals surface area (Å²) in [7, 11) is 1.92. The minimum absolute atomic E-state index is 0.204. The van der Waals surface area contributed by atoms with Gasteiger partial charge in [-0.15, -0.1) is 0 Å². The minimum atomic E-state index is 0.204. The third-order valence-electron chi connectivity index (χ3n) is 2.71. The maximum Gasteiger partial charge on any atom is 0.124 e. The summed E-state index contributed by atoms with van der Waals surface area (Å²) in [6.07, 6.45) is 1.03. The van der Waals surface area contributed by atoms with Gasteiger partial charge in [0.25, 0.3) is 0 Å². The molecule has 4 heteroatoms. The van der Waals surface area contributed by atoms with Crippen LogP contribution in [0.1, 0.15) is 31.9 Å². The summed E-state index contributed by atoms with van der Waals surface area (Å²) < 4.78 is 11.1. The Morgan fingerprint density at radius 3 is 2.72 bits per heavy atom. The van der Waals surface area contributed by atoms with Crippen molar-refractivity contribution in [2.24, 2.45) is 0 Å². The molecule has 0 saturated heterocycles. The van der Waals surface area contributed by atoms with Gasteiger partial charge in [0.1, 0.15) is 12.4 Å². The molecule has 1 unspecified atom stereocenters. The first-order valence-corrected chi connectivity index (χ1v) is 6.74. The summed E-state index contributed by atoms with van der Waals surface area (Å²) >= 11 is 6.01. The minimum Gasteiger partial charge on any atom is -0.491 e. The van der Waals surface area contributed by atoms with Crippen molar-refractivity contribution in [2.75, 3.05) is 26.9 Å². The molecular weight excluding hydrogens is 250 g/mol. The molecule has 0 saturated carbocycles. The lowest BCUT2D eigenvalue weighted by molar-refractivity contribution is 0.100. The number of rotatable bonds is 8. The molecule has 0 radical (unpaired) electrons. The fourth-order valence-corrected chi connectivity index (χ4v) is 1.78. The molecule has 0 amide bonds. The topological polar surface area (TPSA) is 30.5 Å². The predicted octanol–water partition coefficient (Wildman–Crippen LogP) is 3.43. The molecule has 1 N–H and O–H groups in total. The summed E-state index contributed by atoms with van der Waals surface area (Å²) in [4.78, 5) is 0. The van der Waals surface area contributed by atoms with E-state index in [0.717, 1.165) is 29.4 Å². The van der Waals surface area contributed by atoms with Crippen molar-refractivity contribution in [3.63, 3.8) is 0 Å². The van der Waals surface area contributed by atoms with E-state index in [1.807, 2.05) is 25.2 Å². The molecular formula is C14H22ClNO2. The average molecular weight is 272 g/mol. The zero-order chi connectivity index (χ0) is 13.4. The van der Waals surface area contributed by atoms with E-state index in [2.05, 4.69) is 19.2 Å². The highest BCUT2D eigenvalue weighted by Crippen LogP contribution is 2.28. The van der Waals surface area contributed by atoms with E-state index >= 15 is 0 Å². The Kier molecular flexibility index (Phi) is 7.09. The number of nitrogens with one attached hydrogen (secondary N) is 1. The SMILES string of the molecule is CCCOCCOc1ccc(Cl)cc1C(C)NC. The lowest BCUT2D eigenvalue weighted by atomic mass is 10.1. The smallest absolute Gasteiger partial charge is 0.124 e. The summed E-state index contributed by atoms with van der Waals surface area (Å²) in [5.74, 6) is 0.862. The molecule has 0 aliphatic heterocycles. The third-order valence-corrected chi connectivity index (χ3v) is 2.94. The number of hydrogen-bond acceptors (Lipinski definition) is 3. The van der Waals surface area contributed by atoms with Crippen LogP contribution in [0.15, 0.2) is 18.2 Å². The van der Waals surface area contributed by atoms with Gasteiger partial charge >= 0.3 is 0 Å². The van der Waals surface area contributed by atoms with Gasteiger partial charge in [-0.3, -0.25) is 0 Å². The highest BCUT2D eigenvalue weighted by Gasteiger charge is 2.10. The highest BCUT2D eigenvalue weighted by molar-refractivity contribution is 6.30. The molecule has 3 nitrogen and oxygen atoms in total. The molecule has 1 aromatic carbocycles. The van der Waals surface area contributed by atoms with E-state index < -0.39 is 0 Å². The first kappa shape index (κ1) is 15.3. The Balaban J connectivity index is 2.58. The molecule has 102 valence electrons. The number of ether oxygens (including phenoxy) is 2. The molecule has 0 fully saturated rings. The standard InChI is InChI=1S/C14H22ClNO2/c1-4-7-17-8-9-18-14-6-5-12(15)10-13(14)11(2)16-3/h5-6,10-11,16H,4,7-9H2,1-3H3. The monoisotopic (exact) mass is 271 g/mol. The van der Waals surface area contributed by atoms with Gasteiger partial charge in [0, 0.05) is 23.2 Å². The molecule has 0 aromatic heterocycles. The maximum absolute atomic E-state index is 6.01. The van der Waals surface area contributed by atoms with Crippen LogP contribution < -0.4 is 10.1 Å². The zero-order valence-electron chi connectivity index (χ0n) is 11.3. The van der Waals surface area contributed by atoms with Crippen LogP contribution in [0.3, 0.4) is 0 Å². The normalized spacial score (nSPS) is 12.4. The number of halogens is 1. The second-order valence-corrected chi connectivity index (χ2v) is 4.59. The van der Waals surface area contributed by atoms with Crippen LogP contribution in [0.4, 0.5) is 0 Å². The van der Waals surface area contributed by atoms with Crippen molar-refractivity contribution < 1.29 is 9.47 Å². The predicted molar refractivity (Wildman–Crippen MR) is 75.5 cm³/mol. The first-order chi connectivity index (χ1) is 8.69. The molecule has 0 bridgehead atoms. The molecule has 1 atom stereocenters. The van der Waals surface area contributed by atoms with Crippen molar-refractivity contribution in [1.82, 2.24) is 5.32 Å². The fraction of sp³-hybridized carbons (Fsp3) is 0.571.